The third kappa shape index (κ3) is 7.88. The fourth-order valence-electron chi connectivity index (χ4n) is 10.4. The Kier molecular flexibility index (Phi) is 11.7. The highest BCUT2D eigenvalue weighted by Crippen LogP contribution is 2.39. The first-order valence-electron chi connectivity index (χ1n) is 24.4. The standard InChI is InChI=1S/C54H45B10N7/c55-39-37(40(56)44(60)47(63)43(39)59)53-67-49(27-14-6-2-7-15-27)65-51(69-53)30-21-23-36(71-34-19-11-10-18-31(34)32-24-29(20-22-35(32)71)26-12-4-1-5-13-26)33(25-30)52-66-50(28-16-8-3-9-17-28)68-54(70-52)38-41(57)45(61)48(64)46(62)42(38)58/h1-25H,55-64H2. The summed E-state index contributed by atoms with van der Waals surface area (Å²) in [5.74, 6) is 3.57. The summed E-state index contributed by atoms with van der Waals surface area (Å²) in [6.45, 7) is 0. The average Bonchev–Trinajstić information content (AvgIpc) is 3.74. The number of fused-ring (bicyclic) bond motifs is 3. The summed E-state index contributed by atoms with van der Waals surface area (Å²) < 4.78 is 2.36. The molecular formula is C54H45B10N7. The van der Waals surface area contributed by atoms with Crippen molar-refractivity contribution in [2.24, 2.45) is 0 Å². The second-order valence-electron chi connectivity index (χ2n) is 19.0. The highest BCUT2D eigenvalue weighted by atomic mass is 15.1. The van der Waals surface area contributed by atoms with E-state index in [1.54, 1.807) is 0 Å². The number of para-hydroxylation sites is 1. The molecule has 7 nitrogen and oxygen atoms in total. The van der Waals surface area contributed by atoms with Crippen LogP contribution in [0, 0.1) is 0 Å². The van der Waals surface area contributed by atoms with E-state index in [-0.39, 0.29) is 0 Å². The zero-order valence-corrected chi connectivity index (χ0v) is 42.1. The monoisotopic (exact) mass is 901 g/mol. The summed E-state index contributed by atoms with van der Waals surface area (Å²) in [5, 5.41) is 2.30. The Labute approximate surface area is 424 Å². The molecule has 0 atom stereocenters. The molecule has 0 unspecified atom stereocenters. The zero-order valence-electron chi connectivity index (χ0n) is 42.1. The second-order valence-corrected chi connectivity index (χ2v) is 19.0. The molecule has 0 aliphatic rings. The van der Waals surface area contributed by atoms with Crippen LogP contribution in [0.2, 0.25) is 0 Å². The van der Waals surface area contributed by atoms with Crippen LogP contribution in [0.3, 0.4) is 0 Å². The van der Waals surface area contributed by atoms with E-state index in [0.717, 1.165) is 88.3 Å². The number of hydrogen-bond donors (Lipinski definition) is 0. The van der Waals surface area contributed by atoms with E-state index in [9.17, 15) is 0 Å². The van der Waals surface area contributed by atoms with Crippen molar-refractivity contribution in [2.45, 2.75) is 0 Å². The predicted octanol–water partition coefficient (Wildman–Crippen LogP) is -4.59. The van der Waals surface area contributed by atoms with E-state index in [4.69, 9.17) is 29.9 Å². The molecule has 3 heterocycles. The van der Waals surface area contributed by atoms with Gasteiger partial charge < -0.3 is 4.57 Å². The maximum Gasteiger partial charge on any atom is 0.166 e. The third-order valence-electron chi connectivity index (χ3n) is 15.3. The Morgan fingerprint density at radius 1 is 0.268 bits per heavy atom. The zero-order chi connectivity index (χ0) is 49.2. The summed E-state index contributed by atoms with van der Waals surface area (Å²) in [5.41, 5.74) is 23.0. The summed E-state index contributed by atoms with van der Waals surface area (Å²) in [7, 11) is 21.9. The second kappa shape index (κ2) is 18.2. The number of nitrogens with zero attached hydrogens (tertiary/aromatic N) is 7. The van der Waals surface area contributed by atoms with Gasteiger partial charge in [0, 0.05) is 44.2 Å². The van der Waals surface area contributed by atoms with Gasteiger partial charge in [0.1, 0.15) is 78.5 Å². The Balaban J connectivity index is 1.24. The van der Waals surface area contributed by atoms with Crippen LogP contribution in [0.25, 0.3) is 107 Å². The van der Waals surface area contributed by atoms with Crippen molar-refractivity contribution < 1.29 is 0 Å². The molecule has 3 aromatic heterocycles. The van der Waals surface area contributed by atoms with Gasteiger partial charge in [0.2, 0.25) is 0 Å². The first-order chi connectivity index (χ1) is 34.4. The Morgan fingerprint density at radius 2 is 0.648 bits per heavy atom. The van der Waals surface area contributed by atoms with Gasteiger partial charge in [0.15, 0.2) is 34.9 Å². The van der Waals surface area contributed by atoms with Crippen LogP contribution < -0.4 is 54.6 Å². The molecule has 17 heteroatoms. The molecule has 0 bridgehead atoms. The molecule has 0 saturated carbocycles. The molecule has 0 aliphatic heterocycles. The SMILES string of the molecule is Bc1c(B)c(B)c(-c2nc(-c3ccccc3)nc(-c3ccc(-n4c5ccccc5c5cc(-c6ccccc6)ccc54)c(-c4nc(-c5ccccc5)nc(-c5c(B)c(B)c(B)c(B)c5B)n4)c3)n2)c(B)c1B. The minimum Gasteiger partial charge on any atom is -0.309 e. The molecule has 0 radical (unpaired) electrons. The summed E-state index contributed by atoms with van der Waals surface area (Å²) in [6, 6.07) is 52.9. The maximum atomic E-state index is 5.54. The molecule has 0 fully saturated rings. The van der Waals surface area contributed by atoms with Crippen LogP contribution >= 0.6 is 0 Å². The highest BCUT2D eigenvalue weighted by molar-refractivity contribution is 6.69. The smallest absolute Gasteiger partial charge is 0.166 e. The molecule has 11 aromatic rings. The highest BCUT2D eigenvalue weighted by Gasteiger charge is 2.25. The molecule has 0 N–H and O–H groups in total. The van der Waals surface area contributed by atoms with E-state index >= 15 is 0 Å². The van der Waals surface area contributed by atoms with Gasteiger partial charge in [-0.25, -0.2) is 29.9 Å². The van der Waals surface area contributed by atoms with Crippen molar-refractivity contribution in [3.8, 4) is 85.1 Å². The van der Waals surface area contributed by atoms with Gasteiger partial charge in [-0.3, -0.25) is 0 Å². The lowest BCUT2D eigenvalue weighted by atomic mass is 9.60. The number of aromatic nitrogens is 7. The van der Waals surface area contributed by atoms with Crippen molar-refractivity contribution in [3.63, 3.8) is 0 Å². The van der Waals surface area contributed by atoms with Crippen LogP contribution in [-0.4, -0.2) is 113 Å². The fraction of sp³-hybridized carbons (Fsp3) is 0. The largest absolute Gasteiger partial charge is 0.309 e. The quantitative estimate of drug-likeness (QED) is 0.143. The van der Waals surface area contributed by atoms with Crippen LogP contribution in [0.1, 0.15) is 0 Å². The summed E-state index contributed by atoms with van der Waals surface area (Å²) >= 11 is 0. The van der Waals surface area contributed by atoms with Gasteiger partial charge in [-0.05, 0) is 47.5 Å². The van der Waals surface area contributed by atoms with Crippen molar-refractivity contribution in [2.75, 3.05) is 0 Å². The Morgan fingerprint density at radius 3 is 1.17 bits per heavy atom. The minimum atomic E-state index is 0.543. The lowest BCUT2D eigenvalue weighted by Crippen LogP contribution is -2.55. The van der Waals surface area contributed by atoms with Gasteiger partial charge in [-0.2, -0.15) is 0 Å². The Bertz CT molecular complexity index is 3890. The molecule has 326 valence electrons. The van der Waals surface area contributed by atoms with Gasteiger partial charge >= 0.3 is 0 Å². The van der Waals surface area contributed by atoms with Crippen LogP contribution in [0.15, 0.2) is 152 Å². The molecule has 0 spiro atoms. The van der Waals surface area contributed by atoms with Gasteiger partial charge in [-0.15, -0.1) is 32.8 Å². The topological polar surface area (TPSA) is 82.3 Å². The van der Waals surface area contributed by atoms with E-state index in [1.165, 1.54) is 38.3 Å². The minimum absolute atomic E-state index is 0.543. The average molecular weight is 900 g/mol. The normalized spacial score (nSPS) is 11.4. The molecule has 0 amide bonds. The summed E-state index contributed by atoms with van der Waals surface area (Å²) in [6.07, 6.45) is 0. The molecule has 11 rings (SSSR count). The number of hydrogen-bond acceptors (Lipinski definition) is 6. The summed E-state index contributed by atoms with van der Waals surface area (Å²) in [4.78, 5) is 32.2. The molecule has 71 heavy (non-hydrogen) atoms. The van der Waals surface area contributed by atoms with Crippen LogP contribution in [0.4, 0.5) is 0 Å². The van der Waals surface area contributed by atoms with Crippen LogP contribution in [-0.2, 0) is 0 Å². The van der Waals surface area contributed by atoms with Gasteiger partial charge in [-0.1, -0.05) is 137 Å². The molecule has 0 saturated heterocycles. The van der Waals surface area contributed by atoms with Crippen molar-refractivity contribution in [1.29, 1.82) is 0 Å². The lowest BCUT2D eigenvalue weighted by molar-refractivity contribution is 1.06. The Hall–Kier alpha value is -7.77. The van der Waals surface area contributed by atoms with Crippen molar-refractivity contribution >= 4 is 155 Å². The van der Waals surface area contributed by atoms with Gasteiger partial charge in [0.05, 0.1) is 16.7 Å². The fourth-order valence-corrected chi connectivity index (χ4v) is 10.4. The van der Waals surface area contributed by atoms with Crippen molar-refractivity contribution in [3.05, 3.63) is 152 Å². The number of benzene rings is 8. The van der Waals surface area contributed by atoms with Gasteiger partial charge in [0.25, 0.3) is 0 Å². The van der Waals surface area contributed by atoms with E-state index in [0.29, 0.717) is 34.9 Å². The first-order valence-corrected chi connectivity index (χ1v) is 24.4. The van der Waals surface area contributed by atoms with E-state index < -0.39 is 0 Å². The molecule has 0 aliphatic carbocycles. The first kappa shape index (κ1) is 45.7. The lowest BCUT2D eigenvalue weighted by Gasteiger charge is -2.21. The van der Waals surface area contributed by atoms with Crippen LogP contribution in [0.5, 0.6) is 0 Å². The van der Waals surface area contributed by atoms with Crippen molar-refractivity contribution in [1.82, 2.24) is 34.5 Å². The van der Waals surface area contributed by atoms with E-state index in [2.05, 4.69) is 198 Å². The third-order valence-corrected chi connectivity index (χ3v) is 15.3. The predicted molar refractivity (Wildman–Crippen MR) is 327 cm³/mol. The maximum absolute atomic E-state index is 5.54. The molecular weight excluding hydrogens is 855 g/mol. The molecule has 8 aromatic carbocycles. The number of rotatable bonds is 8. The van der Waals surface area contributed by atoms with E-state index in [1.807, 2.05) is 36.4 Å².